The van der Waals surface area contributed by atoms with Gasteiger partial charge in [-0.1, -0.05) is 25.7 Å². The molecular formula is C19H25F3N6O. The molecule has 2 aromatic heterocycles. The zero-order valence-corrected chi connectivity index (χ0v) is 16.2. The van der Waals surface area contributed by atoms with E-state index in [2.05, 4.69) is 20.6 Å². The van der Waals surface area contributed by atoms with Crippen molar-refractivity contribution < 1.29 is 18.0 Å². The minimum atomic E-state index is -4.62. The molecule has 2 aliphatic rings. The zero-order valence-electron chi connectivity index (χ0n) is 16.2. The summed E-state index contributed by atoms with van der Waals surface area (Å²) in [6.45, 7) is 1.88. The van der Waals surface area contributed by atoms with E-state index in [1.165, 1.54) is 31.7 Å². The predicted octanol–water partition coefficient (Wildman–Crippen LogP) is 3.06. The highest BCUT2D eigenvalue weighted by molar-refractivity contribution is 5.78. The highest BCUT2D eigenvalue weighted by Crippen LogP contribution is 2.29. The molecule has 2 aromatic rings. The van der Waals surface area contributed by atoms with Crippen molar-refractivity contribution in [2.45, 2.75) is 51.1 Å². The summed E-state index contributed by atoms with van der Waals surface area (Å²) in [5.41, 5.74) is 0.0533. The van der Waals surface area contributed by atoms with E-state index in [1.54, 1.807) is 6.07 Å². The monoisotopic (exact) mass is 410 g/mol. The second-order valence-electron chi connectivity index (χ2n) is 7.97. The van der Waals surface area contributed by atoms with Crippen LogP contribution in [0.4, 0.5) is 19.0 Å². The van der Waals surface area contributed by atoms with Gasteiger partial charge in [0.2, 0.25) is 5.91 Å². The number of anilines is 1. The molecule has 1 aliphatic carbocycles. The van der Waals surface area contributed by atoms with Crippen LogP contribution < -0.4 is 10.2 Å². The lowest BCUT2D eigenvalue weighted by Crippen LogP contribution is -2.41. The highest BCUT2D eigenvalue weighted by Gasteiger charge is 2.38. The molecule has 1 N–H and O–H groups in total. The fourth-order valence-electron chi connectivity index (χ4n) is 4.34. The molecule has 1 saturated heterocycles. The molecule has 158 valence electrons. The number of aromatic nitrogens is 4. The van der Waals surface area contributed by atoms with E-state index >= 15 is 0 Å². The summed E-state index contributed by atoms with van der Waals surface area (Å²) in [6.07, 6.45) is 2.89. The van der Waals surface area contributed by atoms with Gasteiger partial charge in [-0.05, 0) is 37.3 Å². The highest BCUT2D eigenvalue weighted by atomic mass is 19.4. The molecule has 2 fully saturated rings. The van der Waals surface area contributed by atoms with Gasteiger partial charge in [0, 0.05) is 25.6 Å². The van der Waals surface area contributed by atoms with Crippen molar-refractivity contribution in [2.75, 3.05) is 24.5 Å². The molecule has 7 nitrogen and oxygen atoms in total. The van der Waals surface area contributed by atoms with Gasteiger partial charge in [-0.15, -0.1) is 15.3 Å². The van der Waals surface area contributed by atoms with Crippen molar-refractivity contribution in [3.63, 3.8) is 0 Å². The van der Waals surface area contributed by atoms with Crippen LogP contribution in [0.1, 0.15) is 50.8 Å². The van der Waals surface area contributed by atoms with Crippen LogP contribution in [-0.4, -0.2) is 45.4 Å². The molecule has 0 bridgehead atoms. The third kappa shape index (κ3) is 4.45. The van der Waals surface area contributed by atoms with Crippen LogP contribution in [0.2, 0.25) is 0 Å². The molecule has 0 radical (unpaired) electrons. The number of nitrogens with zero attached hydrogens (tertiary/aromatic N) is 5. The summed E-state index contributed by atoms with van der Waals surface area (Å²) >= 11 is 0. The molecule has 1 amide bonds. The van der Waals surface area contributed by atoms with E-state index in [1.807, 2.05) is 4.90 Å². The van der Waals surface area contributed by atoms with Crippen molar-refractivity contribution in [1.82, 2.24) is 25.1 Å². The molecule has 4 rings (SSSR count). The van der Waals surface area contributed by atoms with Crippen LogP contribution in [0.15, 0.2) is 12.1 Å². The largest absolute Gasteiger partial charge is 0.453 e. The van der Waals surface area contributed by atoms with Crippen LogP contribution in [0.3, 0.4) is 0 Å². The fraction of sp³-hybridized carbons (Fsp3) is 0.684. The van der Waals surface area contributed by atoms with E-state index in [-0.39, 0.29) is 17.5 Å². The van der Waals surface area contributed by atoms with E-state index in [4.69, 9.17) is 0 Å². The number of hydrogen-bond acceptors (Lipinski definition) is 5. The van der Waals surface area contributed by atoms with Crippen LogP contribution in [0.25, 0.3) is 5.65 Å². The van der Waals surface area contributed by atoms with Crippen molar-refractivity contribution >= 4 is 17.4 Å². The normalized spacial score (nSPS) is 19.2. The third-order valence-electron chi connectivity index (χ3n) is 6.02. The van der Waals surface area contributed by atoms with E-state index < -0.39 is 12.0 Å². The number of carbonyl (C=O) groups excluding carboxylic acids is 1. The lowest BCUT2D eigenvalue weighted by Gasteiger charge is -2.32. The van der Waals surface area contributed by atoms with Gasteiger partial charge < -0.3 is 10.2 Å². The molecule has 0 unspecified atom stereocenters. The molecule has 0 spiro atoms. The van der Waals surface area contributed by atoms with Crippen molar-refractivity contribution in [1.29, 1.82) is 0 Å². The molecule has 29 heavy (non-hydrogen) atoms. The fourth-order valence-corrected chi connectivity index (χ4v) is 4.34. The number of amides is 1. The molecule has 1 aliphatic heterocycles. The lowest BCUT2D eigenvalue weighted by molar-refractivity contribution is -0.146. The SMILES string of the molecule is O=C(NCCC1CCCC1)C1CCN(c2ccc3nnc(C(F)(F)F)n3n2)CC1. The second kappa shape index (κ2) is 8.16. The topological polar surface area (TPSA) is 75.4 Å². The van der Waals surface area contributed by atoms with E-state index in [9.17, 15) is 18.0 Å². The molecule has 1 saturated carbocycles. The first-order valence-electron chi connectivity index (χ1n) is 10.2. The van der Waals surface area contributed by atoms with Gasteiger partial charge in [0.05, 0.1) is 0 Å². The summed E-state index contributed by atoms with van der Waals surface area (Å²) in [4.78, 5) is 14.3. The number of rotatable bonds is 5. The first-order chi connectivity index (χ1) is 13.9. The van der Waals surface area contributed by atoms with Crippen molar-refractivity contribution in [2.24, 2.45) is 11.8 Å². The van der Waals surface area contributed by atoms with Crippen LogP contribution >= 0.6 is 0 Å². The Morgan fingerprint density at radius 2 is 1.83 bits per heavy atom. The second-order valence-corrected chi connectivity index (χ2v) is 7.97. The predicted molar refractivity (Wildman–Crippen MR) is 100 cm³/mol. The first kappa shape index (κ1) is 19.9. The number of fused-ring (bicyclic) bond motifs is 1. The quantitative estimate of drug-likeness (QED) is 0.820. The number of piperidine rings is 1. The van der Waals surface area contributed by atoms with Crippen molar-refractivity contribution in [3.8, 4) is 0 Å². The number of nitrogens with one attached hydrogen (secondary N) is 1. The molecule has 0 aromatic carbocycles. The Labute approximate surface area is 166 Å². The van der Waals surface area contributed by atoms with Gasteiger partial charge >= 0.3 is 6.18 Å². The van der Waals surface area contributed by atoms with Crippen LogP contribution in [-0.2, 0) is 11.0 Å². The number of alkyl halides is 3. The average Bonchev–Trinajstić information content (AvgIpc) is 3.36. The summed E-state index contributed by atoms with van der Waals surface area (Å²) in [5, 5.41) is 13.9. The molecule has 0 atom stereocenters. The maximum absolute atomic E-state index is 13.0. The van der Waals surface area contributed by atoms with E-state index in [0.29, 0.717) is 31.7 Å². The standard InChI is InChI=1S/C19H25F3N6O/c20-19(21,22)18-25-24-15-5-6-16(26-28(15)18)27-11-8-14(9-12-27)17(29)23-10-7-13-3-1-2-4-13/h5-6,13-14H,1-4,7-12H2,(H,23,29). The van der Waals surface area contributed by atoms with Gasteiger partial charge in [0.1, 0.15) is 5.82 Å². The van der Waals surface area contributed by atoms with Crippen LogP contribution in [0, 0.1) is 11.8 Å². The van der Waals surface area contributed by atoms with Gasteiger partial charge in [0.25, 0.3) is 5.82 Å². The Bertz CT molecular complexity index is 853. The minimum Gasteiger partial charge on any atom is -0.356 e. The van der Waals surface area contributed by atoms with Crippen molar-refractivity contribution in [3.05, 3.63) is 18.0 Å². The summed E-state index contributed by atoms with van der Waals surface area (Å²) in [6, 6.07) is 3.12. The third-order valence-corrected chi connectivity index (χ3v) is 6.02. The molecule has 10 heteroatoms. The number of carbonyl (C=O) groups is 1. The maximum Gasteiger partial charge on any atom is 0.453 e. The van der Waals surface area contributed by atoms with Gasteiger partial charge in [-0.25, -0.2) is 0 Å². The Balaban J connectivity index is 1.32. The summed E-state index contributed by atoms with van der Waals surface area (Å²) < 4.78 is 39.9. The Morgan fingerprint density at radius 3 is 2.52 bits per heavy atom. The Morgan fingerprint density at radius 1 is 1.10 bits per heavy atom. The van der Waals surface area contributed by atoms with Gasteiger partial charge in [-0.2, -0.15) is 17.7 Å². The van der Waals surface area contributed by atoms with Gasteiger partial charge in [-0.3, -0.25) is 4.79 Å². The van der Waals surface area contributed by atoms with Crippen LogP contribution in [0.5, 0.6) is 0 Å². The molecular weight excluding hydrogens is 385 g/mol. The lowest BCUT2D eigenvalue weighted by atomic mass is 9.95. The number of halogens is 3. The Hall–Kier alpha value is -2.39. The number of hydrogen-bond donors (Lipinski definition) is 1. The van der Waals surface area contributed by atoms with Gasteiger partial charge in [0.15, 0.2) is 5.65 Å². The molecule has 3 heterocycles. The maximum atomic E-state index is 13.0. The minimum absolute atomic E-state index is 0.0533. The summed E-state index contributed by atoms with van der Waals surface area (Å²) in [5.74, 6) is 0.0783. The zero-order chi connectivity index (χ0) is 20.4. The first-order valence-corrected chi connectivity index (χ1v) is 10.2. The van der Waals surface area contributed by atoms with E-state index in [0.717, 1.165) is 23.4 Å². The smallest absolute Gasteiger partial charge is 0.356 e. The average molecular weight is 410 g/mol. The Kier molecular flexibility index (Phi) is 5.60. The summed E-state index contributed by atoms with van der Waals surface area (Å²) in [7, 11) is 0.